The van der Waals surface area contributed by atoms with Crippen molar-refractivity contribution in [3.63, 3.8) is 0 Å². The molecule has 2 aliphatic rings. The molecule has 0 bridgehead atoms. The Morgan fingerprint density at radius 3 is 1.47 bits per heavy atom. The van der Waals surface area contributed by atoms with Crippen molar-refractivity contribution in [2.75, 3.05) is 33.5 Å². The van der Waals surface area contributed by atoms with E-state index in [0.717, 1.165) is 122 Å². The molecule has 12 atom stereocenters. The van der Waals surface area contributed by atoms with E-state index < -0.39 is 87.2 Å². The van der Waals surface area contributed by atoms with Gasteiger partial charge in [0.15, 0.2) is 12.6 Å². The second-order valence-electron chi connectivity index (χ2n) is 24.8. The first-order valence-corrected chi connectivity index (χ1v) is 36.6. The van der Waals surface area contributed by atoms with Crippen LogP contribution in [0.3, 0.4) is 0 Å². The van der Waals surface area contributed by atoms with Crippen molar-refractivity contribution in [1.82, 2.24) is 10.6 Å². The summed E-state index contributed by atoms with van der Waals surface area (Å²) in [6, 6.07) is -2.37. The number of phosphoric ester groups is 1. The van der Waals surface area contributed by atoms with E-state index in [1.54, 1.807) is 7.11 Å². The van der Waals surface area contributed by atoms with Gasteiger partial charge in [0.1, 0.15) is 36.5 Å². The zero-order valence-corrected chi connectivity index (χ0v) is 55.7. The van der Waals surface area contributed by atoms with Crippen LogP contribution in [0.4, 0.5) is 0 Å². The van der Waals surface area contributed by atoms with Gasteiger partial charge in [0.05, 0.1) is 37.4 Å². The average Bonchev–Trinajstić information content (AvgIpc) is 1.45. The minimum Gasteiger partial charge on any atom is -0.396 e. The number of carbonyl (C=O) groups excluding carboxylic acids is 2. The van der Waals surface area contributed by atoms with Gasteiger partial charge in [0.2, 0.25) is 11.8 Å². The highest BCUT2D eigenvalue weighted by molar-refractivity contribution is 7.46. The molecule has 2 saturated heterocycles. The highest BCUT2D eigenvalue weighted by Crippen LogP contribution is 2.42. The van der Waals surface area contributed by atoms with Crippen LogP contribution >= 0.6 is 7.82 Å². The third-order valence-electron chi connectivity index (χ3n) is 17.1. The summed E-state index contributed by atoms with van der Waals surface area (Å²) < 4.78 is 55.3. The number of allylic oxidation sites excluding steroid dienone is 2. The van der Waals surface area contributed by atoms with E-state index in [1.807, 2.05) is 0 Å². The summed E-state index contributed by atoms with van der Waals surface area (Å²) in [5, 5.41) is 50.8. The molecule has 508 valence electrons. The van der Waals surface area contributed by atoms with E-state index in [9.17, 15) is 44.4 Å². The van der Waals surface area contributed by atoms with Gasteiger partial charge >= 0.3 is 7.82 Å². The van der Waals surface area contributed by atoms with Crippen molar-refractivity contribution in [2.24, 2.45) is 0 Å². The zero-order chi connectivity index (χ0) is 62.9. The fourth-order valence-electron chi connectivity index (χ4n) is 11.8. The van der Waals surface area contributed by atoms with Crippen molar-refractivity contribution in [1.29, 1.82) is 0 Å². The molecule has 86 heavy (non-hydrogen) atoms. The van der Waals surface area contributed by atoms with Crippen molar-refractivity contribution in [3.05, 3.63) is 12.2 Å². The van der Waals surface area contributed by atoms with Crippen LogP contribution in [0.1, 0.15) is 297 Å². The Hall–Kier alpha value is -1.61. The number of hydrogen-bond acceptors (Lipinski definition) is 14. The lowest BCUT2D eigenvalue weighted by atomic mass is 9.93. The highest BCUT2D eigenvalue weighted by atomic mass is 31.2. The number of unbranched alkanes of at least 4 members (excludes halogenated alkanes) is 30. The second kappa shape index (κ2) is 53.0. The van der Waals surface area contributed by atoms with Gasteiger partial charge in [-0.2, -0.15) is 0 Å². The lowest BCUT2D eigenvalue weighted by Gasteiger charge is -2.46. The molecule has 0 aromatic heterocycles. The predicted octanol–water partition coefficient (Wildman–Crippen LogP) is 13.4. The number of hydrogen-bond donors (Lipinski definition) is 8. The number of ether oxygens (including phenoxy) is 6. The van der Waals surface area contributed by atoms with E-state index in [0.29, 0.717) is 32.1 Å². The Balaban J connectivity index is 2.28. The SMILES string of the molecule is CCCCCC/C=C\CCCCCCCCCC(=O)N[C@H]1[C@H](OCC[C@H]2O[C@H](OP(=O)(O)O)[C@H](NC(=O)CC(CCCCCCCCCCC)OC)[C@@H](OCCCCCCCCCC)[C@@H]2O)O[C@H](CCO)[C@@H](O)[C@@H]1OCCC(O)CCCCCCC. The highest BCUT2D eigenvalue weighted by Gasteiger charge is 2.50. The number of rotatable bonds is 58. The normalized spacial score (nSPS) is 23.5. The largest absolute Gasteiger partial charge is 0.472 e. The first-order valence-electron chi connectivity index (χ1n) is 35.0. The molecule has 19 heteroatoms. The number of phosphoric acid groups is 1. The fourth-order valence-corrected chi connectivity index (χ4v) is 12.2. The van der Waals surface area contributed by atoms with E-state index in [1.165, 1.54) is 89.9 Å². The summed E-state index contributed by atoms with van der Waals surface area (Å²) in [6.45, 7) is 8.53. The summed E-state index contributed by atoms with van der Waals surface area (Å²) in [7, 11) is -3.70. The zero-order valence-electron chi connectivity index (χ0n) is 54.8. The van der Waals surface area contributed by atoms with Crippen LogP contribution in [0.2, 0.25) is 0 Å². The fraction of sp³-hybridized carbons (Fsp3) is 0.940. The predicted molar refractivity (Wildman–Crippen MR) is 341 cm³/mol. The Morgan fingerprint density at radius 1 is 0.512 bits per heavy atom. The summed E-state index contributed by atoms with van der Waals surface area (Å²) in [4.78, 5) is 48.2. The van der Waals surface area contributed by atoms with Crippen LogP contribution in [0.15, 0.2) is 12.2 Å². The maximum atomic E-state index is 13.9. The Bertz CT molecular complexity index is 1680. The van der Waals surface area contributed by atoms with Crippen molar-refractivity contribution < 1.29 is 77.3 Å². The molecule has 0 radical (unpaired) electrons. The minimum atomic E-state index is -5.26. The van der Waals surface area contributed by atoms with E-state index in [4.69, 9.17) is 32.9 Å². The summed E-state index contributed by atoms with van der Waals surface area (Å²) in [5.41, 5.74) is 0. The lowest BCUT2D eigenvalue weighted by Crippen LogP contribution is -2.65. The second-order valence-corrected chi connectivity index (χ2v) is 26.0. The molecule has 0 saturated carbocycles. The third-order valence-corrected chi connectivity index (χ3v) is 17.6. The van der Waals surface area contributed by atoms with E-state index in [-0.39, 0.29) is 58.0 Å². The van der Waals surface area contributed by atoms with Crippen LogP contribution in [-0.2, 0) is 47.1 Å². The smallest absolute Gasteiger partial charge is 0.396 e. The molecule has 2 heterocycles. The Labute approximate surface area is 522 Å². The van der Waals surface area contributed by atoms with Crippen molar-refractivity contribution in [3.8, 4) is 0 Å². The van der Waals surface area contributed by atoms with Crippen molar-refractivity contribution in [2.45, 2.75) is 371 Å². The van der Waals surface area contributed by atoms with E-state index in [2.05, 4.69) is 50.5 Å². The third kappa shape index (κ3) is 38.9. The Kier molecular flexibility index (Phi) is 49.6. The molecular formula is C67H129N2O16P. The molecule has 0 aliphatic carbocycles. The van der Waals surface area contributed by atoms with Crippen molar-refractivity contribution >= 4 is 19.6 Å². The van der Waals surface area contributed by atoms with Gasteiger partial charge in [-0.1, -0.05) is 226 Å². The van der Waals surface area contributed by atoms with Gasteiger partial charge in [-0.15, -0.1) is 0 Å². The van der Waals surface area contributed by atoms with Gasteiger partial charge < -0.3 is 69.3 Å². The number of methoxy groups -OCH3 is 1. The first kappa shape index (κ1) is 80.5. The van der Waals surface area contributed by atoms with Crippen LogP contribution in [0.5, 0.6) is 0 Å². The molecule has 0 spiro atoms. The summed E-state index contributed by atoms with van der Waals surface area (Å²) >= 11 is 0. The van der Waals surface area contributed by atoms with E-state index >= 15 is 0 Å². The molecule has 2 aliphatic heterocycles. The van der Waals surface area contributed by atoms with Gasteiger partial charge in [0, 0.05) is 33.4 Å². The molecule has 0 aromatic rings. The molecule has 2 unspecified atom stereocenters. The number of carbonyl (C=O) groups is 2. The number of amides is 2. The number of aliphatic hydroxyl groups excluding tert-OH is 4. The molecular weight excluding hydrogens is 1120 g/mol. The Morgan fingerprint density at radius 2 is 0.942 bits per heavy atom. The monoisotopic (exact) mass is 1250 g/mol. The van der Waals surface area contributed by atoms with Gasteiger partial charge in [-0.05, 0) is 70.6 Å². The molecule has 2 fully saturated rings. The van der Waals surface area contributed by atoms with Crippen LogP contribution in [0, 0.1) is 0 Å². The number of aliphatic hydroxyl groups is 4. The quantitative estimate of drug-likeness (QED) is 0.0160. The lowest BCUT2D eigenvalue weighted by molar-refractivity contribution is -0.281. The molecule has 2 rings (SSSR count). The summed E-state index contributed by atoms with van der Waals surface area (Å²) in [5.74, 6) is -0.764. The summed E-state index contributed by atoms with van der Waals surface area (Å²) in [6.07, 6.45) is 33.6. The first-order chi connectivity index (χ1) is 41.7. The molecule has 2 amide bonds. The molecule has 18 nitrogen and oxygen atoms in total. The van der Waals surface area contributed by atoms with Crippen LogP contribution in [-0.4, -0.2) is 149 Å². The maximum absolute atomic E-state index is 13.9. The van der Waals surface area contributed by atoms with Crippen LogP contribution in [0.25, 0.3) is 0 Å². The van der Waals surface area contributed by atoms with Gasteiger partial charge in [-0.25, -0.2) is 4.57 Å². The minimum absolute atomic E-state index is 0.0268. The standard InChI is InChI=1S/C67H129N2O16P/c1-6-10-14-18-21-24-25-26-27-28-29-31-33-37-41-45-58(72)68-60-64(81-51-47-54(71)43-39-35-17-13-9-4)62(74)56(46-49-70)83-66(60)82-52-48-57-63(75)65(80-50-42-38-34-23-20-16-12-8-3)61(67(84-57)85-86(76,77)78)69-59(73)53-55(79-5)44-40-36-32-30-22-19-15-11-7-2/h24-25,54-57,60-67,70-71,74-75H,6-23,26-53H2,1-5H3,(H,68,72)(H,69,73)(H2,76,77,78)/b25-24-/t54?,55?,56-,57-,60-,61-,62-,63-,64-,65-,66-,67-/m1/s1. The molecule has 8 N–H and O–H groups in total. The number of nitrogens with one attached hydrogen (secondary N) is 2. The maximum Gasteiger partial charge on any atom is 0.472 e. The average molecular weight is 1250 g/mol. The van der Waals surface area contributed by atoms with Gasteiger partial charge in [-0.3, -0.25) is 14.1 Å². The van der Waals surface area contributed by atoms with Crippen LogP contribution < -0.4 is 10.6 Å². The van der Waals surface area contributed by atoms with Gasteiger partial charge in [0.25, 0.3) is 0 Å². The molecule has 0 aromatic carbocycles. The topological polar surface area (TPSA) is 261 Å².